The van der Waals surface area contributed by atoms with Gasteiger partial charge in [0, 0.05) is 40.8 Å². The molecule has 88 valence electrons. The molecule has 0 spiro atoms. The molecule has 1 aliphatic heterocycles. The molecule has 1 aromatic heterocycles. The van der Waals surface area contributed by atoms with Crippen molar-refractivity contribution in [1.29, 1.82) is 0 Å². The van der Waals surface area contributed by atoms with Crippen molar-refractivity contribution in [2.24, 2.45) is 0 Å². The van der Waals surface area contributed by atoms with Crippen molar-refractivity contribution in [3.8, 4) is 0 Å². The van der Waals surface area contributed by atoms with E-state index in [0.717, 1.165) is 29.7 Å². The van der Waals surface area contributed by atoms with Crippen molar-refractivity contribution in [3.05, 3.63) is 18.1 Å². The lowest BCUT2D eigenvalue weighted by atomic mass is 10.3. The van der Waals surface area contributed by atoms with Gasteiger partial charge in [-0.1, -0.05) is 6.92 Å². The highest BCUT2D eigenvalue weighted by atomic mass is 32.2. The molecule has 0 radical (unpaired) electrons. The first-order valence-electron chi connectivity index (χ1n) is 5.62. The van der Waals surface area contributed by atoms with Crippen LogP contribution < -0.4 is 5.32 Å². The number of thioether (sulfide) groups is 2. The Morgan fingerprint density at radius 1 is 1.44 bits per heavy atom. The Bertz CT molecular complexity index is 327. The maximum atomic E-state index is 4.23. The van der Waals surface area contributed by atoms with E-state index in [1.165, 1.54) is 17.3 Å². The minimum atomic E-state index is 0.721. The van der Waals surface area contributed by atoms with Gasteiger partial charge in [-0.05, 0) is 6.42 Å². The van der Waals surface area contributed by atoms with Crippen LogP contribution in [-0.2, 0) is 6.42 Å². The normalized spacial score (nSPS) is 20.7. The van der Waals surface area contributed by atoms with Crippen LogP contribution in [0.15, 0.2) is 12.4 Å². The number of nitrogens with zero attached hydrogens (tertiary/aromatic N) is 2. The first kappa shape index (κ1) is 12.0. The molecule has 2 rings (SSSR count). The van der Waals surface area contributed by atoms with Crippen LogP contribution in [0, 0.1) is 0 Å². The summed E-state index contributed by atoms with van der Waals surface area (Å²) in [4.78, 5) is 8.43. The van der Waals surface area contributed by atoms with Gasteiger partial charge in [0.25, 0.3) is 0 Å². The average Bonchev–Trinajstić information content (AvgIpc) is 2.38. The second-order valence-electron chi connectivity index (χ2n) is 3.70. The van der Waals surface area contributed by atoms with E-state index in [0.29, 0.717) is 0 Å². The molecule has 1 atom stereocenters. The number of anilines is 1. The highest BCUT2D eigenvalue weighted by Crippen LogP contribution is 2.24. The van der Waals surface area contributed by atoms with Gasteiger partial charge in [0.05, 0.1) is 0 Å². The van der Waals surface area contributed by atoms with Gasteiger partial charge < -0.3 is 5.32 Å². The molecular formula is C11H17N3S2. The smallest absolute Gasteiger partial charge is 0.129 e. The molecule has 0 aromatic carbocycles. The molecular weight excluding hydrogens is 238 g/mol. The minimum absolute atomic E-state index is 0.721. The number of nitrogens with one attached hydrogen (secondary N) is 1. The van der Waals surface area contributed by atoms with E-state index in [9.17, 15) is 0 Å². The summed E-state index contributed by atoms with van der Waals surface area (Å²) in [6, 6.07) is 2.04. The molecule has 1 aromatic rings. The fraction of sp³-hybridized carbons (Fsp3) is 0.636. The van der Waals surface area contributed by atoms with Crippen LogP contribution >= 0.6 is 23.5 Å². The van der Waals surface area contributed by atoms with E-state index in [2.05, 4.69) is 45.7 Å². The topological polar surface area (TPSA) is 37.8 Å². The number of rotatable bonds is 4. The van der Waals surface area contributed by atoms with Gasteiger partial charge in [0.15, 0.2) is 0 Å². The first-order valence-corrected chi connectivity index (χ1v) is 7.83. The van der Waals surface area contributed by atoms with Crippen molar-refractivity contribution < 1.29 is 0 Å². The van der Waals surface area contributed by atoms with Crippen LogP contribution in [0.5, 0.6) is 0 Å². The summed E-state index contributed by atoms with van der Waals surface area (Å²) in [6.07, 6.45) is 2.61. The number of aryl methyl sites for hydroxylation is 1. The van der Waals surface area contributed by atoms with E-state index in [1.807, 2.05) is 6.07 Å². The van der Waals surface area contributed by atoms with E-state index in [4.69, 9.17) is 0 Å². The molecule has 1 saturated heterocycles. The fourth-order valence-corrected chi connectivity index (χ4v) is 4.17. The summed E-state index contributed by atoms with van der Waals surface area (Å²) in [7, 11) is 0. The van der Waals surface area contributed by atoms with Crippen LogP contribution in [0.3, 0.4) is 0 Å². The Kier molecular flexibility index (Phi) is 4.78. The third-order valence-electron chi connectivity index (χ3n) is 2.48. The number of aromatic nitrogens is 2. The van der Waals surface area contributed by atoms with Gasteiger partial charge in [-0.2, -0.15) is 23.5 Å². The highest BCUT2D eigenvalue weighted by molar-refractivity contribution is 8.06. The molecule has 1 fully saturated rings. The first-order chi connectivity index (χ1) is 7.88. The van der Waals surface area contributed by atoms with Gasteiger partial charge in [-0.3, -0.25) is 0 Å². The van der Waals surface area contributed by atoms with Crippen LogP contribution in [0.25, 0.3) is 0 Å². The van der Waals surface area contributed by atoms with Crippen molar-refractivity contribution in [3.63, 3.8) is 0 Å². The van der Waals surface area contributed by atoms with E-state index in [1.54, 1.807) is 6.33 Å². The summed E-state index contributed by atoms with van der Waals surface area (Å²) in [5.41, 5.74) is 1.10. The Morgan fingerprint density at radius 2 is 2.38 bits per heavy atom. The second-order valence-corrected chi connectivity index (χ2v) is 6.25. The van der Waals surface area contributed by atoms with Crippen molar-refractivity contribution in [2.45, 2.75) is 18.6 Å². The summed E-state index contributed by atoms with van der Waals surface area (Å²) >= 11 is 4.12. The lowest BCUT2D eigenvalue weighted by molar-refractivity contribution is 0.962. The zero-order valence-corrected chi connectivity index (χ0v) is 11.1. The zero-order valence-electron chi connectivity index (χ0n) is 9.48. The van der Waals surface area contributed by atoms with Crippen molar-refractivity contribution in [2.75, 3.05) is 29.1 Å². The van der Waals surface area contributed by atoms with Gasteiger partial charge >= 0.3 is 0 Å². The van der Waals surface area contributed by atoms with Crippen LogP contribution in [0.1, 0.15) is 12.6 Å². The Hall–Kier alpha value is -0.420. The Balaban J connectivity index is 1.83. The Morgan fingerprint density at radius 3 is 3.12 bits per heavy atom. The van der Waals surface area contributed by atoms with E-state index in [-0.39, 0.29) is 0 Å². The Labute approximate surface area is 105 Å². The minimum Gasteiger partial charge on any atom is -0.369 e. The van der Waals surface area contributed by atoms with Gasteiger partial charge in [-0.25, -0.2) is 9.97 Å². The molecule has 0 aliphatic carbocycles. The number of hydrogen-bond donors (Lipinski definition) is 1. The summed E-state index contributed by atoms with van der Waals surface area (Å²) in [5, 5.41) is 4.12. The van der Waals surface area contributed by atoms with E-state index >= 15 is 0 Å². The molecule has 0 bridgehead atoms. The molecule has 5 heteroatoms. The van der Waals surface area contributed by atoms with Crippen molar-refractivity contribution in [1.82, 2.24) is 9.97 Å². The molecule has 1 aliphatic rings. The summed E-state index contributed by atoms with van der Waals surface area (Å²) in [6.45, 7) is 3.12. The predicted molar refractivity (Wildman–Crippen MR) is 73.5 cm³/mol. The van der Waals surface area contributed by atoms with Gasteiger partial charge in [0.1, 0.15) is 12.1 Å². The standard InChI is InChI=1S/C11H17N3S2/c1-2-9-5-11(14-8-13-9)12-6-10-7-15-3-4-16-10/h5,8,10H,2-4,6-7H2,1H3,(H,12,13,14). The molecule has 3 nitrogen and oxygen atoms in total. The second kappa shape index (κ2) is 6.35. The molecule has 0 amide bonds. The molecule has 1 unspecified atom stereocenters. The average molecular weight is 255 g/mol. The summed E-state index contributed by atoms with van der Waals surface area (Å²) < 4.78 is 0. The lowest BCUT2D eigenvalue weighted by Crippen LogP contribution is -2.23. The monoisotopic (exact) mass is 255 g/mol. The third kappa shape index (κ3) is 3.56. The van der Waals surface area contributed by atoms with E-state index < -0.39 is 0 Å². The fourth-order valence-electron chi connectivity index (χ4n) is 1.56. The maximum Gasteiger partial charge on any atom is 0.129 e. The molecule has 1 N–H and O–H groups in total. The van der Waals surface area contributed by atoms with Crippen LogP contribution in [0.4, 0.5) is 5.82 Å². The van der Waals surface area contributed by atoms with Crippen molar-refractivity contribution >= 4 is 29.3 Å². The predicted octanol–water partition coefficient (Wildman–Crippen LogP) is 2.30. The third-order valence-corrected chi connectivity index (χ3v) is 5.33. The number of hydrogen-bond acceptors (Lipinski definition) is 5. The van der Waals surface area contributed by atoms with Crippen LogP contribution in [0.2, 0.25) is 0 Å². The molecule has 2 heterocycles. The SMILES string of the molecule is CCc1cc(NCC2CSCCS2)ncn1. The summed E-state index contributed by atoms with van der Waals surface area (Å²) in [5.74, 6) is 4.79. The lowest BCUT2D eigenvalue weighted by Gasteiger charge is -2.21. The van der Waals surface area contributed by atoms with Crippen LogP contribution in [-0.4, -0.2) is 39.0 Å². The van der Waals surface area contributed by atoms with Gasteiger partial charge in [-0.15, -0.1) is 0 Å². The largest absolute Gasteiger partial charge is 0.369 e. The molecule has 0 saturated carbocycles. The molecule has 16 heavy (non-hydrogen) atoms. The maximum absolute atomic E-state index is 4.23. The highest BCUT2D eigenvalue weighted by Gasteiger charge is 2.13. The quantitative estimate of drug-likeness (QED) is 0.893. The zero-order chi connectivity index (χ0) is 11.2. The van der Waals surface area contributed by atoms with Gasteiger partial charge in [0.2, 0.25) is 0 Å².